The van der Waals surface area contributed by atoms with Crippen LogP contribution in [0.4, 0.5) is 0 Å². The molecule has 1 heteroatoms. The predicted octanol–water partition coefficient (Wildman–Crippen LogP) is 10.1. The van der Waals surface area contributed by atoms with Crippen LogP contribution in [0.2, 0.25) is 0 Å². The van der Waals surface area contributed by atoms with Crippen molar-refractivity contribution >= 4 is 33.4 Å². The lowest BCUT2D eigenvalue weighted by Crippen LogP contribution is -2.28. The minimum Gasteiger partial charge on any atom is -0.0619 e. The summed E-state index contributed by atoms with van der Waals surface area (Å²) in [6, 6.07) is 47.7. The first kappa shape index (κ1) is 23.4. The maximum absolute atomic E-state index is 2.50. The van der Waals surface area contributed by atoms with E-state index in [1.165, 1.54) is 70.0 Å². The van der Waals surface area contributed by atoms with Crippen molar-refractivity contribution in [3.63, 3.8) is 0 Å². The van der Waals surface area contributed by atoms with Crippen molar-refractivity contribution < 1.29 is 0 Å². The minimum absolute atomic E-state index is 0.383. The third-order valence-electron chi connectivity index (χ3n) is 8.16. The van der Waals surface area contributed by atoms with Gasteiger partial charge in [0.25, 0.3) is 0 Å². The smallest absolute Gasteiger partial charge is 0.0619 e. The Bertz CT molecular complexity index is 1780. The second-order valence-electron chi connectivity index (χ2n) is 10.5. The topological polar surface area (TPSA) is 0 Å². The van der Waals surface area contributed by atoms with Crippen LogP contribution in [0, 0.1) is 17.4 Å². The van der Waals surface area contributed by atoms with Crippen LogP contribution in [0.15, 0.2) is 127 Å². The van der Waals surface area contributed by atoms with Gasteiger partial charge in [0, 0.05) is 3.57 Å². The molecule has 0 N–H and O–H groups in total. The fourth-order valence-electron chi connectivity index (χ4n) is 6.28. The van der Waals surface area contributed by atoms with Crippen molar-refractivity contribution in [3.05, 3.63) is 164 Å². The molecule has 0 aromatic heterocycles. The number of benzene rings is 6. The average Bonchev–Trinajstić information content (AvgIpc) is 3.24. The summed E-state index contributed by atoms with van der Waals surface area (Å²) in [5, 5.41) is 2.55. The highest BCUT2D eigenvalue weighted by atomic mass is 127. The van der Waals surface area contributed by atoms with Crippen LogP contribution >= 0.6 is 22.6 Å². The van der Waals surface area contributed by atoms with E-state index in [0.717, 1.165) is 0 Å². The van der Waals surface area contributed by atoms with Gasteiger partial charge < -0.3 is 0 Å². The Morgan fingerprint density at radius 1 is 0.474 bits per heavy atom. The van der Waals surface area contributed by atoms with E-state index < -0.39 is 0 Å². The Balaban J connectivity index is 1.56. The van der Waals surface area contributed by atoms with Crippen LogP contribution in [0.1, 0.15) is 33.4 Å². The third-order valence-corrected chi connectivity index (χ3v) is 9.05. The Morgan fingerprint density at radius 3 is 1.68 bits per heavy atom. The summed E-state index contributed by atoms with van der Waals surface area (Å²) in [5.41, 5.74) is 12.7. The highest BCUT2D eigenvalue weighted by molar-refractivity contribution is 14.1. The number of aryl methyl sites for hydroxylation is 2. The lowest BCUT2D eigenvalue weighted by molar-refractivity contribution is 0.768. The molecule has 0 fully saturated rings. The summed E-state index contributed by atoms with van der Waals surface area (Å²) in [6.07, 6.45) is 0. The quantitative estimate of drug-likeness (QED) is 0.178. The maximum atomic E-state index is 2.50. The van der Waals surface area contributed by atoms with Gasteiger partial charge in [0.05, 0.1) is 5.41 Å². The fraction of sp³-hybridized carbons (Fsp3) is 0.0811. The van der Waals surface area contributed by atoms with Crippen LogP contribution in [0.3, 0.4) is 0 Å². The van der Waals surface area contributed by atoms with Gasteiger partial charge in [-0.1, -0.05) is 120 Å². The van der Waals surface area contributed by atoms with Crippen molar-refractivity contribution in [3.8, 4) is 22.3 Å². The number of rotatable bonds is 3. The molecule has 7 rings (SSSR count). The SMILES string of the molecule is Cc1ccc(C2(c3ccc(C)cc3)c3ccccc3-c3ccc(-c4cc5ccccc5cc4I)cc32)cc1. The summed E-state index contributed by atoms with van der Waals surface area (Å²) in [4.78, 5) is 0. The van der Waals surface area contributed by atoms with E-state index in [-0.39, 0.29) is 5.41 Å². The van der Waals surface area contributed by atoms with Gasteiger partial charge in [0.2, 0.25) is 0 Å². The lowest BCUT2D eigenvalue weighted by Gasteiger charge is -2.34. The standard InChI is InChI=1S/C37H27I/c1-24-11-16-29(17-12-24)37(30-18-13-25(2)14-19-30)34-10-6-5-9-31(34)32-20-15-28(22-35(32)37)33-21-26-7-3-4-8-27(26)23-36(33)38/h3-23H,1-2H3. The second-order valence-corrected chi connectivity index (χ2v) is 11.6. The number of hydrogen-bond acceptors (Lipinski definition) is 0. The molecule has 0 saturated heterocycles. The van der Waals surface area contributed by atoms with E-state index in [1.807, 2.05) is 0 Å². The predicted molar refractivity (Wildman–Crippen MR) is 169 cm³/mol. The van der Waals surface area contributed by atoms with E-state index in [1.54, 1.807) is 0 Å². The van der Waals surface area contributed by atoms with Crippen LogP contribution in [0.5, 0.6) is 0 Å². The number of fused-ring (bicyclic) bond motifs is 4. The molecular formula is C37H27I. The van der Waals surface area contributed by atoms with Crippen LogP contribution in [-0.2, 0) is 5.41 Å². The number of halogens is 1. The molecule has 1 aliphatic rings. The van der Waals surface area contributed by atoms with Gasteiger partial charge >= 0.3 is 0 Å². The molecule has 0 heterocycles. The normalized spacial score (nSPS) is 13.3. The monoisotopic (exact) mass is 598 g/mol. The molecule has 182 valence electrons. The van der Waals surface area contributed by atoms with Gasteiger partial charge in [-0.3, -0.25) is 0 Å². The molecule has 0 unspecified atom stereocenters. The van der Waals surface area contributed by atoms with E-state index in [9.17, 15) is 0 Å². The molecule has 0 atom stereocenters. The summed E-state index contributed by atoms with van der Waals surface area (Å²) >= 11 is 2.50. The highest BCUT2D eigenvalue weighted by Gasteiger charge is 2.46. The third kappa shape index (κ3) is 3.49. The van der Waals surface area contributed by atoms with Gasteiger partial charge in [0.15, 0.2) is 0 Å². The molecule has 6 aromatic rings. The molecule has 6 aromatic carbocycles. The zero-order chi connectivity index (χ0) is 25.9. The van der Waals surface area contributed by atoms with Crippen molar-refractivity contribution in [2.24, 2.45) is 0 Å². The summed E-state index contributed by atoms with van der Waals surface area (Å²) in [7, 11) is 0. The Kier molecular flexibility index (Phi) is 5.52. The Labute approximate surface area is 238 Å². The van der Waals surface area contributed by atoms with E-state index in [2.05, 4.69) is 164 Å². The average molecular weight is 599 g/mol. The zero-order valence-electron chi connectivity index (χ0n) is 21.5. The molecule has 38 heavy (non-hydrogen) atoms. The Morgan fingerprint density at radius 2 is 1.03 bits per heavy atom. The van der Waals surface area contributed by atoms with Gasteiger partial charge in [-0.25, -0.2) is 0 Å². The number of hydrogen-bond donors (Lipinski definition) is 0. The van der Waals surface area contributed by atoms with Gasteiger partial charge in [-0.2, -0.15) is 0 Å². The molecular weight excluding hydrogens is 571 g/mol. The maximum Gasteiger partial charge on any atom is 0.0713 e. The molecule has 0 bridgehead atoms. The van der Waals surface area contributed by atoms with Crippen LogP contribution < -0.4 is 0 Å². The summed E-state index contributed by atoms with van der Waals surface area (Å²) < 4.78 is 1.27. The van der Waals surface area contributed by atoms with Crippen molar-refractivity contribution in [1.82, 2.24) is 0 Å². The van der Waals surface area contributed by atoms with Crippen LogP contribution in [0.25, 0.3) is 33.0 Å². The van der Waals surface area contributed by atoms with Gasteiger partial charge in [-0.15, -0.1) is 0 Å². The lowest BCUT2D eigenvalue weighted by atomic mass is 9.67. The van der Waals surface area contributed by atoms with E-state index in [0.29, 0.717) is 0 Å². The fourth-order valence-corrected chi connectivity index (χ4v) is 7.08. The van der Waals surface area contributed by atoms with Crippen molar-refractivity contribution in [2.75, 3.05) is 0 Å². The summed E-state index contributed by atoms with van der Waals surface area (Å²) in [6.45, 7) is 4.33. The minimum atomic E-state index is -0.383. The van der Waals surface area contributed by atoms with Crippen LogP contribution in [-0.4, -0.2) is 0 Å². The first-order valence-electron chi connectivity index (χ1n) is 13.1. The summed E-state index contributed by atoms with van der Waals surface area (Å²) in [5.74, 6) is 0. The molecule has 0 aliphatic heterocycles. The largest absolute Gasteiger partial charge is 0.0713 e. The molecule has 0 radical (unpaired) electrons. The first-order chi connectivity index (χ1) is 18.6. The van der Waals surface area contributed by atoms with E-state index >= 15 is 0 Å². The first-order valence-corrected chi connectivity index (χ1v) is 14.2. The second kappa shape index (κ2) is 8.96. The molecule has 1 aliphatic carbocycles. The molecule has 0 saturated carbocycles. The van der Waals surface area contributed by atoms with Gasteiger partial charge in [-0.05, 0) is 110 Å². The van der Waals surface area contributed by atoms with Gasteiger partial charge in [0.1, 0.15) is 0 Å². The Hall–Kier alpha value is -3.69. The zero-order valence-corrected chi connectivity index (χ0v) is 23.7. The molecule has 0 amide bonds. The highest BCUT2D eigenvalue weighted by Crippen LogP contribution is 2.56. The van der Waals surface area contributed by atoms with Crippen molar-refractivity contribution in [1.29, 1.82) is 0 Å². The molecule has 0 spiro atoms. The van der Waals surface area contributed by atoms with Crippen molar-refractivity contribution in [2.45, 2.75) is 19.3 Å². The van der Waals surface area contributed by atoms with E-state index in [4.69, 9.17) is 0 Å². The molecule has 0 nitrogen and oxygen atoms in total.